The molecule has 0 aliphatic carbocycles. The molecule has 1 unspecified atom stereocenters. The van der Waals surface area contributed by atoms with E-state index >= 15 is 0 Å². The molecule has 0 spiro atoms. The molecular weight excluding hydrogens is 985 g/mol. The number of ether oxygens (including phenoxy) is 3. The molecular formula is C74H132O6. The van der Waals surface area contributed by atoms with Gasteiger partial charge in [0.2, 0.25) is 0 Å². The van der Waals surface area contributed by atoms with Gasteiger partial charge in [-0.3, -0.25) is 14.4 Å². The Hall–Kier alpha value is -3.15. The molecule has 0 aliphatic rings. The minimum Gasteiger partial charge on any atom is -0.462 e. The van der Waals surface area contributed by atoms with E-state index in [1.165, 1.54) is 225 Å². The summed E-state index contributed by atoms with van der Waals surface area (Å²) in [6, 6.07) is 0. The molecule has 80 heavy (non-hydrogen) atoms. The van der Waals surface area contributed by atoms with E-state index in [9.17, 15) is 14.4 Å². The van der Waals surface area contributed by atoms with Gasteiger partial charge in [-0.2, -0.15) is 0 Å². The highest BCUT2D eigenvalue weighted by Crippen LogP contribution is 2.17. The first-order valence-electron chi connectivity index (χ1n) is 34.9. The fourth-order valence-electron chi connectivity index (χ4n) is 10.2. The number of hydrogen-bond acceptors (Lipinski definition) is 6. The molecule has 6 heteroatoms. The minimum absolute atomic E-state index is 0.0826. The van der Waals surface area contributed by atoms with Crippen LogP contribution in [0.3, 0.4) is 0 Å². The first-order chi connectivity index (χ1) is 39.5. The molecule has 0 aromatic carbocycles. The Labute approximate surface area is 497 Å². The number of carbonyl (C=O) groups excluding carboxylic acids is 3. The summed E-state index contributed by atoms with van der Waals surface area (Å²) in [5, 5.41) is 0. The Bertz CT molecular complexity index is 1470. The summed E-state index contributed by atoms with van der Waals surface area (Å²) in [5.74, 6) is -0.892. The monoisotopic (exact) mass is 1120 g/mol. The van der Waals surface area contributed by atoms with Gasteiger partial charge in [-0.25, -0.2) is 0 Å². The molecule has 0 N–H and O–H groups in total. The lowest BCUT2D eigenvalue weighted by Gasteiger charge is -2.18. The highest BCUT2D eigenvalue weighted by Gasteiger charge is 2.19. The Morgan fingerprint density at radius 1 is 0.263 bits per heavy atom. The fraction of sp³-hybridized carbons (Fsp3) is 0.797. The summed E-state index contributed by atoms with van der Waals surface area (Å²) in [7, 11) is 0. The number of unbranched alkanes of at least 4 members (excludes halogenated alkanes) is 41. The van der Waals surface area contributed by atoms with Crippen molar-refractivity contribution in [1.29, 1.82) is 0 Å². The molecule has 0 radical (unpaired) electrons. The van der Waals surface area contributed by atoms with E-state index in [0.29, 0.717) is 19.3 Å². The van der Waals surface area contributed by atoms with E-state index < -0.39 is 6.10 Å². The van der Waals surface area contributed by atoms with Gasteiger partial charge in [0.05, 0.1) is 0 Å². The van der Waals surface area contributed by atoms with E-state index in [-0.39, 0.29) is 31.1 Å². The Kier molecular flexibility index (Phi) is 65.7. The average molecular weight is 1120 g/mol. The second-order valence-corrected chi connectivity index (χ2v) is 23.4. The van der Waals surface area contributed by atoms with E-state index in [1.54, 1.807) is 0 Å². The predicted octanol–water partition coefficient (Wildman–Crippen LogP) is 24.1. The maximum Gasteiger partial charge on any atom is 0.306 e. The van der Waals surface area contributed by atoms with Crippen LogP contribution in [0, 0.1) is 0 Å². The van der Waals surface area contributed by atoms with Crippen molar-refractivity contribution < 1.29 is 28.6 Å². The number of hydrogen-bond donors (Lipinski definition) is 0. The number of allylic oxidation sites excluding steroid dienone is 12. The van der Waals surface area contributed by atoms with Crippen molar-refractivity contribution in [2.45, 2.75) is 367 Å². The van der Waals surface area contributed by atoms with Crippen molar-refractivity contribution in [3.63, 3.8) is 0 Å². The van der Waals surface area contributed by atoms with Crippen LogP contribution >= 0.6 is 0 Å². The lowest BCUT2D eigenvalue weighted by molar-refractivity contribution is -0.167. The maximum atomic E-state index is 12.9. The first kappa shape index (κ1) is 76.9. The van der Waals surface area contributed by atoms with Crippen molar-refractivity contribution in [2.75, 3.05) is 13.2 Å². The second kappa shape index (κ2) is 68.3. The van der Waals surface area contributed by atoms with Crippen LogP contribution in [0.1, 0.15) is 361 Å². The molecule has 0 saturated carbocycles. The molecule has 0 heterocycles. The van der Waals surface area contributed by atoms with Crippen molar-refractivity contribution in [1.82, 2.24) is 0 Å². The van der Waals surface area contributed by atoms with Gasteiger partial charge in [-0.05, 0) is 109 Å². The molecule has 0 bridgehead atoms. The molecule has 0 aromatic rings. The summed E-state index contributed by atoms with van der Waals surface area (Å²) in [5.41, 5.74) is 0. The summed E-state index contributed by atoms with van der Waals surface area (Å²) in [6.07, 6.45) is 89.3. The van der Waals surface area contributed by atoms with Gasteiger partial charge in [0.1, 0.15) is 13.2 Å². The van der Waals surface area contributed by atoms with Crippen LogP contribution < -0.4 is 0 Å². The smallest absolute Gasteiger partial charge is 0.306 e. The van der Waals surface area contributed by atoms with Crippen molar-refractivity contribution in [3.8, 4) is 0 Å². The highest BCUT2D eigenvalue weighted by molar-refractivity contribution is 5.71. The van der Waals surface area contributed by atoms with E-state index in [0.717, 1.165) is 96.3 Å². The quantitative estimate of drug-likeness (QED) is 0.0261. The summed E-state index contributed by atoms with van der Waals surface area (Å²) < 4.78 is 17.0. The van der Waals surface area contributed by atoms with E-state index in [1.807, 2.05) is 0 Å². The summed E-state index contributed by atoms with van der Waals surface area (Å²) in [6.45, 7) is 6.55. The molecule has 0 saturated heterocycles. The van der Waals surface area contributed by atoms with Crippen LogP contribution in [0.4, 0.5) is 0 Å². The number of rotatable bonds is 64. The number of esters is 3. The maximum absolute atomic E-state index is 12.9. The van der Waals surface area contributed by atoms with Gasteiger partial charge >= 0.3 is 17.9 Å². The van der Waals surface area contributed by atoms with Gasteiger partial charge in [0, 0.05) is 19.3 Å². The zero-order chi connectivity index (χ0) is 57.8. The van der Waals surface area contributed by atoms with Gasteiger partial charge in [0.15, 0.2) is 6.10 Å². The van der Waals surface area contributed by atoms with Gasteiger partial charge in [0.25, 0.3) is 0 Å². The third-order valence-corrected chi connectivity index (χ3v) is 15.4. The summed E-state index contributed by atoms with van der Waals surface area (Å²) in [4.78, 5) is 38.4. The highest BCUT2D eigenvalue weighted by atomic mass is 16.6. The van der Waals surface area contributed by atoms with Gasteiger partial charge in [-0.15, -0.1) is 0 Å². The third-order valence-electron chi connectivity index (χ3n) is 15.4. The summed E-state index contributed by atoms with van der Waals surface area (Å²) >= 11 is 0. The molecule has 0 amide bonds. The van der Waals surface area contributed by atoms with E-state index in [2.05, 4.69) is 93.7 Å². The largest absolute Gasteiger partial charge is 0.462 e. The number of carbonyl (C=O) groups is 3. The predicted molar refractivity (Wildman–Crippen MR) is 348 cm³/mol. The second-order valence-electron chi connectivity index (χ2n) is 23.4. The van der Waals surface area contributed by atoms with E-state index in [4.69, 9.17) is 14.2 Å². The van der Waals surface area contributed by atoms with Crippen LogP contribution in [0.2, 0.25) is 0 Å². The molecule has 6 nitrogen and oxygen atoms in total. The average Bonchev–Trinajstić information content (AvgIpc) is 3.46. The zero-order valence-corrected chi connectivity index (χ0v) is 53.3. The van der Waals surface area contributed by atoms with Crippen molar-refractivity contribution in [3.05, 3.63) is 72.9 Å². The van der Waals surface area contributed by atoms with Crippen LogP contribution in [-0.4, -0.2) is 37.2 Å². The van der Waals surface area contributed by atoms with Crippen molar-refractivity contribution in [2.24, 2.45) is 0 Å². The van der Waals surface area contributed by atoms with Crippen molar-refractivity contribution >= 4 is 17.9 Å². The zero-order valence-electron chi connectivity index (χ0n) is 53.3. The normalized spacial score (nSPS) is 12.5. The SMILES string of the molecule is CC/C=C\C/C=C\C/C=C\C/C=C\CCCCCCC(=O)OCC(COC(=O)CCCCCCCCCCCCCCCCC/C=C\CCCCCCCCCC)OC(=O)CCCCCCCCC/C=C\CCCCCCCCC. The minimum atomic E-state index is -0.789. The third kappa shape index (κ3) is 65.7. The van der Waals surface area contributed by atoms with Gasteiger partial charge < -0.3 is 14.2 Å². The molecule has 1 atom stereocenters. The molecule has 0 aromatic heterocycles. The molecule has 0 fully saturated rings. The first-order valence-corrected chi connectivity index (χ1v) is 34.9. The Morgan fingerprint density at radius 3 is 0.775 bits per heavy atom. The van der Waals surface area contributed by atoms with Crippen LogP contribution in [0.25, 0.3) is 0 Å². The molecule has 0 rings (SSSR count). The Morgan fingerprint density at radius 2 is 0.487 bits per heavy atom. The lowest BCUT2D eigenvalue weighted by Crippen LogP contribution is -2.30. The molecule has 0 aliphatic heterocycles. The Balaban J connectivity index is 4.31. The topological polar surface area (TPSA) is 78.9 Å². The van der Waals surface area contributed by atoms with Gasteiger partial charge in [-0.1, -0.05) is 306 Å². The lowest BCUT2D eigenvalue weighted by atomic mass is 10.0. The standard InChI is InChI=1S/C74H132O6/c1-4-7-10-13-16-19-22-25-28-31-33-34-35-36-37-38-39-40-41-44-46-49-52-55-58-61-64-67-73(76)79-70-71(69-78-72(75)66-63-60-57-54-51-48-45-42-30-27-24-21-18-15-12-9-6-3)80-74(77)68-65-62-59-56-53-50-47-43-32-29-26-23-20-17-14-11-8-5-2/h9,12,18,21,27,29-33,45,48,71H,4-8,10-11,13-17,19-20,22-26,28,34-44,46-47,49-70H2,1-3H3/b12-9-,21-18-,30-27-,32-29-,33-31-,48-45-. The van der Waals surface area contributed by atoms with Crippen LogP contribution in [0.5, 0.6) is 0 Å². The fourth-order valence-corrected chi connectivity index (χ4v) is 10.2. The van der Waals surface area contributed by atoms with Crippen LogP contribution in [0.15, 0.2) is 72.9 Å². The van der Waals surface area contributed by atoms with Crippen LogP contribution in [-0.2, 0) is 28.6 Å². The molecule has 464 valence electrons.